The minimum absolute atomic E-state index is 0.747. The minimum atomic E-state index is 0.747. The Morgan fingerprint density at radius 3 is 2.68 bits per heavy atom. The highest BCUT2D eigenvalue weighted by Crippen LogP contribution is 2.37. The highest BCUT2D eigenvalue weighted by Gasteiger charge is 2.32. The topological polar surface area (TPSA) is 21.3 Å². The van der Waals surface area contributed by atoms with E-state index in [1.54, 1.807) is 0 Å². The van der Waals surface area contributed by atoms with Crippen LogP contribution < -0.4 is 5.32 Å². The van der Waals surface area contributed by atoms with E-state index in [1.807, 2.05) is 0 Å². The molecule has 0 aromatic carbocycles. The van der Waals surface area contributed by atoms with Crippen LogP contribution in [0.15, 0.2) is 0 Å². The van der Waals surface area contributed by atoms with Crippen molar-refractivity contribution in [2.45, 2.75) is 71.3 Å². The third-order valence-electron chi connectivity index (χ3n) is 5.28. The summed E-state index contributed by atoms with van der Waals surface area (Å²) in [5.74, 6) is 2.70. The molecule has 2 fully saturated rings. The Labute approximate surface area is 119 Å². The van der Waals surface area contributed by atoms with Crippen LogP contribution in [0.1, 0.15) is 65.2 Å². The molecule has 1 aliphatic heterocycles. The molecule has 0 aromatic heterocycles. The summed E-state index contributed by atoms with van der Waals surface area (Å²) in [5, 5.41) is 3.87. The van der Waals surface area contributed by atoms with Gasteiger partial charge in [0, 0.05) is 19.3 Å². The van der Waals surface area contributed by atoms with Crippen molar-refractivity contribution in [2.75, 3.05) is 19.8 Å². The van der Waals surface area contributed by atoms with E-state index in [9.17, 15) is 0 Å². The van der Waals surface area contributed by atoms with E-state index in [1.165, 1.54) is 57.9 Å². The van der Waals surface area contributed by atoms with Crippen molar-refractivity contribution in [2.24, 2.45) is 17.8 Å². The molecule has 1 heterocycles. The molecule has 0 amide bonds. The maximum absolute atomic E-state index is 5.58. The minimum Gasteiger partial charge on any atom is -0.381 e. The lowest BCUT2D eigenvalue weighted by Crippen LogP contribution is -2.42. The van der Waals surface area contributed by atoms with Gasteiger partial charge in [0.1, 0.15) is 0 Å². The predicted molar refractivity (Wildman–Crippen MR) is 81.4 cm³/mol. The zero-order valence-corrected chi connectivity index (χ0v) is 13.0. The van der Waals surface area contributed by atoms with Gasteiger partial charge in [0.2, 0.25) is 0 Å². The Morgan fingerprint density at radius 2 is 2.00 bits per heavy atom. The maximum Gasteiger partial charge on any atom is 0.0495 e. The van der Waals surface area contributed by atoms with E-state index in [2.05, 4.69) is 19.2 Å². The first kappa shape index (κ1) is 15.3. The average Bonchev–Trinajstić information content (AvgIpc) is 2.96. The number of hydrogen-bond acceptors (Lipinski definition) is 2. The zero-order chi connectivity index (χ0) is 13.5. The fourth-order valence-corrected chi connectivity index (χ4v) is 4.14. The molecule has 1 aliphatic carbocycles. The summed E-state index contributed by atoms with van der Waals surface area (Å²) in [7, 11) is 0. The number of hydrogen-bond donors (Lipinski definition) is 1. The lowest BCUT2D eigenvalue weighted by Gasteiger charge is -2.38. The zero-order valence-electron chi connectivity index (χ0n) is 13.0. The van der Waals surface area contributed by atoms with E-state index >= 15 is 0 Å². The Morgan fingerprint density at radius 1 is 1.16 bits per heavy atom. The van der Waals surface area contributed by atoms with Crippen LogP contribution in [0.25, 0.3) is 0 Å². The molecule has 112 valence electrons. The summed E-state index contributed by atoms with van der Waals surface area (Å²) >= 11 is 0. The largest absolute Gasteiger partial charge is 0.381 e. The van der Waals surface area contributed by atoms with Gasteiger partial charge in [0.15, 0.2) is 0 Å². The molecule has 0 spiro atoms. The van der Waals surface area contributed by atoms with E-state index in [-0.39, 0.29) is 0 Å². The number of rotatable bonds is 7. The van der Waals surface area contributed by atoms with E-state index < -0.39 is 0 Å². The van der Waals surface area contributed by atoms with Crippen molar-refractivity contribution in [1.82, 2.24) is 5.32 Å². The van der Waals surface area contributed by atoms with Crippen LogP contribution in [0.3, 0.4) is 0 Å². The monoisotopic (exact) mass is 267 g/mol. The molecule has 2 aliphatic rings. The molecule has 1 saturated carbocycles. The standard InChI is InChI=1S/C17H33NO/c1-3-10-18-17(12-14-9-11-19-13-14)16-8-6-5-7-15(16)4-2/h14-18H,3-13H2,1-2H3. The Hall–Kier alpha value is -0.0800. The average molecular weight is 267 g/mol. The van der Waals surface area contributed by atoms with Crippen LogP contribution in [0.5, 0.6) is 0 Å². The second-order valence-corrected chi connectivity index (χ2v) is 6.64. The number of ether oxygens (including phenoxy) is 1. The predicted octanol–water partition coefficient (Wildman–Crippen LogP) is 4.00. The second kappa shape index (κ2) is 8.26. The normalized spacial score (nSPS) is 33.5. The molecule has 19 heavy (non-hydrogen) atoms. The number of nitrogens with one attached hydrogen (secondary N) is 1. The molecule has 1 N–H and O–H groups in total. The van der Waals surface area contributed by atoms with Crippen LogP contribution in [0.4, 0.5) is 0 Å². The first-order valence-electron chi connectivity index (χ1n) is 8.66. The third-order valence-corrected chi connectivity index (χ3v) is 5.28. The van der Waals surface area contributed by atoms with Crippen LogP contribution in [0.2, 0.25) is 0 Å². The summed E-state index contributed by atoms with van der Waals surface area (Å²) in [6, 6.07) is 0.747. The SMILES string of the molecule is CCCNC(CC1CCOC1)C1CCCCC1CC. The summed E-state index contributed by atoms with van der Waals surface area (Å²) in [6.45, 7) is 7.85. The van der Waals surface area contributed by atoms with Crippen molar-refractivity contribution >= 4 is 0 Å². The molecule has 4 unspecified atom stereocenters. The van der Waals surface area contributed by atoms with Gasteiger partial charge in [-0.2, -0.15) is 0 Å². The van der Waals surface area contributed by atoms with Crippen molar-refractivity contribution in [3.05, 3.63) is 0 Å². The fourth-order valence-electron chi connectivity index (χ4n) is 4.14. The molecule has 0 bridgehead atoms. The second-order valence-electron chi connectivity index (χ2n) is 6.64. The van der Waals surface area contributed by atoms with Crippen LogP contribution in [-0.4, -0.2) is 25.8 Å². The van der Waals surface area contributed by atoms with Gasteiger partial charge in [0.25, 0.3) is 0 Å². The van der Waals surface area contributed by atoms with Gasteiger partial charge in [-0.1, -0.05) is 39.5 Å². The molecule has 4 atom stereocenters. The molecule has 2 rings (SSSR count). The Kier molecular flexibility index (Phi) is 6.66. The van der Waals surface area contributed by atoms with Gasteiger partial charge >= 0.3 is 0 Å². The van der Waals surface area contributed by atoms with Gasteiger partial charge in [-0.15, -0.1) is 0 Å². The lowest BCUT2D eigenvalue weighted by molar-refractivity contribution is 0.144. The first-order valence-corrected chi connectivity index (χ1v) is 8.66. The van der Waals surface area contributed by atoms with E-state index in [4.69, 9.17) is 4.74 Å². The third kappa shape index (κ3) is 4.46. The Balaban J connectivity index is 1.93. The van der Waals surface area contributed by atoms with Gasteiger partial charge < -0.3 is 10.1 Å². The summed E-state index contributed by atoms with van der Waals surface area (Å²) in [5.41, 5.74) is 0. The molecule has 2 heteroatoms. The molecular weight excluding hydrogens is 234 g/mol. The molecule has 0 aromatic rings. The summed E-state index contributed by atoms with van der Waals surface area (Å²) in [6.07, 6.45) is 11.1. The lowest BCUT2D eigenvalue weighted by atomic mass is 9.72. The molecular formula is C17H33NO. The van der Waals surface area contributed by atoms with Gasteiger partial charge in [-0.3, -0.25) is 0 Å². The van der Waals surface area contributed by atoms with Crippen molar-refractivity contribution in [3.8, 4) is 0 Å². The molecule has 0 radical (unpaired) electrons. The smallest absolute Gasteiger partial charge is 0.0495 e. The van der Waals surface area contributed by atoms with Crippen molar-refractivity contribution in [3.63, 3.8) is 0 Å². The van der Waals surface area contributed by atoms with Crippen LogP contribution in [0, 0.1) is 17.8 Å². The van der Waals surface area contributed by atoms with Crippen molar-refractivity contribution < 1.29 is 4.74 Å². The Bertz CT molecular complexity index is 237. The molecule has 2 nitrogen and oxygen atoms in total. The van der Waals surface area contributed by atoms with Crippen molar-refractivity contribution in [1.29, 1.82) is 0 Å². The van der Waals surface area contributed by atoms with Crippen LogP contribution >= 0.6 is 0 Å². The fraction of sp³-hybridized carbons (Fsp3) is 1.00. The highest BCUT2D eigenvalue weighted by atomic mass is 16.5. The first-order chi connectivity index (χ1) is 9.35. The quantitative estimate of drug-likeness (QED) is 0.753. The van der Waals surface area contributed by atoms with Gasteiger partial charge in [0.05, 0.1) is 0 Å². The maximum atomic E-state index is 5.58. The van der Waals surface area contributed by atoms with E-state index in [0.29, 0.717) is 0 Å². The summed E-state index contributed by atoms with van der Waals surface area (Å²) in [4.78, 5) is 0. The van der Waals surface area contributed by atoms with Gasteiger partial charge in [-0.05, 0) is 50.0 Å². The van der Waals surface area contributed by atoms with Gasteiger partial charge in [-0.25, -0.2) is 0 Å². The van der Waals surface area contributed by atoms with Crippen LogP contribution in [-0.2, 0) is 4.74 Å². The molecule has 1 saturated heterocycles. The van der Waals surface area contributed by atoms with E-state index in [0.717, 1.165) is 37.0 Å². The summed E-state index contributed by atoms with van der Waals surface area (Å²) < 4.78 is 5.58. The highest BCUT2D eigenvalue weighted by molar-refractivity contribution is 4.86.